The molecule has 1 fully saturated rings. The number of amides is 3. The third-order valence-corrected chi connectivity index (χ3v) is 9.39. The molecule has 0 aliphatic carbocycles. The number of pyridine rings is 1. The Kier molecular flexibility index (Phi) is 6.53. The zero-order valence-electron chi connectivity index (χ0n) is 20.6. The molecule has 0 bridgehead atoms. The van der Waals surface area contributed by atoms with Gasteiger partial charge in [0, 0.05) is 28.9 Å². The molecular weight excluding hydrogens is 536 g/mol. The number of imide groups is 1. The van der Waals surface area contributed by atoms with Crippen molar-refractivity contribution in [1.29, 1.82) is 0 Å². The molecule has 0 spiro atoms. The van der Waals surface area contributed by atoms with Crippen LogP contribution in [0, 0.1) is 5.92 Å². The largest absolute Gasteiger partial charge is 0.497 e. The highest BCUT2D eigenvalue weighted by molar-refractivity contribution is 8.00. The second kappa shape index (κ2) is 10.2. The minimum atomic E-state index is -0.750. The molecule has 1 saturated heterocycles. The van der Waals surface area contributed by atoms with Crippen LogP contribution >= 0.6 is 23.1 Å². The highest BCUT2D eigenvalue weighted by Crippen LogP contribution is 2.53. The van der Waals surface area contributed by atoms with Crippen molar-refractivity contribution in [3.63, 3.8) is 0 Å². The maximum Gasteiger partial charge on any atom is 0.308 e. The van der Waals surface area contributed by atoms with Crippen molar-refractivity contribution in [3.05, 3.63) is 99.2 Å². The van der Waals surface area contributed by atoms with Gasteiger partial charge in [-0.05, 0) is 48.0 Å². The lowest BCUT2D eigenvalue weighted by molar-refractivity contribution is -0.122. The Morgan fingerprint density at radius 2 is 1.77 bits per heavy atom. The summed E-state index contributed by atoms with van der Waals surface area (Å²) in [6.45, 7) is -0.231. The zero-order chi connectivity index (χ0) is 27.1. The summed E-state index contributed by atoms with van der Waals surface area (Å²) < 4.78 is 6.55. The number of hydrogen-bond donors (Lipinski definition) is 1. The smallest absolute Gasteiger partial charge is 0.308 e. The van der Waals surface area contributed by atoms with Crippen molar-refractivity contribution in [2.24, 2.45) is 5.92 Å². The van der Waals surface area contributed by atoms with Gasteiger partial charge in [-0.3, -0.25) is 28.7 Å². The van der Waals surface area contributed by atoms with Crippen LogP contribution in [0.5, 0.6) is 5.75 Å². The monoisotopic (exact) mass is 558 g/mol. The first-order valence-electron chi connectivity index (χ1n) is 12.1. The number of nitrogens with zero attached hydrogens (tertiary/aromatic N) is 3. The number of carbonyl (C=O) groups is 3. The van der Waals surface area contributed by atoms with E-state index in [2.05, 4.69) is 10.3 Å². The van der Waals surface area contributed by atoms with Gasteiger partial charge in [0.15, 0.2) is 0 Å². The van der Waals surface area contributed by atoms with Crippen LogP contribution in [0.15, 0.2) is 88.9 Å². The van der Waals surface area contributed by atoms with E-state index in [4.69, 9.17) is 4.74 Å². The number of hydrogen-bond acceptors (Lipinski definition) is 8. The maximum atomic E-state index is 13.8. The number of rotatable bonds is 6. The molecule has 2 aliphatic heterocycles. The SMILES string of the molecule is COc1ccc(NC(=O)Cn2c3c(sc2=O)C(c2cccnc2)C2C(=O)N(c4ccccc4)C(=O)C2S3)cc1. The first-order valence-corrected chi connectivity index (χ1v) is 13.8. The Balaban J connectivity index is 1.37. The highest BCUT2D eigenvalue weighted by Gasteiger charge is 2.56. The van der Waals surface area contributed by atoms with Crippen LogP contribution in [0.2, 0.25) is 0 Å². The van der Waals surface area contributed by atoms with Gasteiger partial charge in [0.1, 0.15) is 17.5 Å². The number of methoxy groups -OCH3 is 1. The second-order valence-corrected chi connectivity index (χ2v) is 11.2. The Morgan fingerprint density at radius 1 is 1.00 bits per heavy atom. The average Bonchev–Trinajstić information content (AvgIpc) is 3.40. The van der Waals surface area contributed by atoms with Gasteiger partial charge in [-0.15, -0.1) is 0 Å². The van der Waals surface area contributed by atoms with Gasteiger partial charge in [0.05, 0.1) is 23.7 Å². The lowest BCUT2D eigenvalue weighted by atomic mass is 9.84. The number of nitrogens with one attached hydrogen (secondary N) is 1. The van der Waals surface area contributed by atoms with Crippen LogP contribution in [-0.4, -0.2) is 39.6 Å². The highest BCUT2D eigenvalue weighted by atomic mass is 32.2. The Labute approximate surface area is 231 Å². The molecule has 1 N–H and O–H groups in total. The fourth-order valence-electron chi connectivity index (χ4n) is 5.02. The maximum absolute atomic E-state index is 13.8. The number of thioether (sulfide) groups is 1. The molecule has 0 saturated carbocycles. The molecule has 9 nitrogen and oxygen atoms in total. The van der Waals surface area contributed by atoms with Crippen molar-refractivity contribution in [2.45, 2.75) is 22.7 Å². The number of thiazole rings is 1. The van der Waals surface area contributed by atoms with Gasteiger partial charge in [0.2, 0.25) is 17.7 Å². The molecule has 11 heteroatoms. The summed E-state index contributed by atoms with van der Waals surface area (Å²) >= 11 is 2.18. The van der Waals surface area contributed by atoms with Crippen LogP contribution < -0.4 is 19.8 Å². The van der Waals surface area contributed by atoms with Gasteiger partial charge >= 0.3 is 4.87 Å². The van der Waals surface area contributed by atoms with E-state index in [-0.39, 0.29) is 29.1 Å². The summed E-state index contributed by atoms with van der Waals surface area (Å²) in [6, 6.07) is 19.3. The molecule has 2 aliphatic rings. The van der Waals surface area contributed by atoms with Crippen molar-refractivity contribution < 1.29 is 19.1 Å². The number of fused-ring (bicyclic) bond motifs is 2. The fourth-order valence-corrected chi connectivity index (χ4v) is 7.80. The quantitative estimate of drug-likeness (QED) is 0.359. The van der Waals surface area contributed by atoms with Crippen molar-refractivity contribution in [2.75, 3.05) is 17.3 Å². The molecule has 3 amide bonds. The fraction of sp³-hybridized carbons (Fsp3) is 0.179. The van der Waals surface area contributed by atoms with E-state index in [1.165, 1.54) is 21.2 Å². The van der Waals surface area contributed by atoms with E-state index < -0.39 is 17.1 Å². The molecule has 2 aromatic carbocycles. The number of anilines is 2. The van der Waals surface area contributed by atoms with Gasteiger partial charge in [0.25, 0.3) is 0 Å². The Morgan fingerprint density at radius 3 is 2.46 bits per heavy atom. The van der Waals surface area contributed by atoms with Crippen molar-refractivity contribution in [3.8, 4) is 5.75 Å². The van der Waals surface area contributed by atoms with Gasteiger partial charge < -0.3 is 10.1 Å². The standard InChI is InChI=1S/C28H22N4O5S2/c1-37-19-11-9-17(10-12-19)30-20(33)15-31-27-24(39-28(31)36)21(16-6-5-13-29-14-16)22-23(38-27)26(35)32(25(22)34)18-7-3-2-4-8-18/h2-14,21-23H,15H2,1H3,(H,30,33). The predicted octanol–water partition coefficient (Wildman–Crippen LogP) is 3.75. The number of para-hydroxylation sites is 1. The predicted molar refractivity (Wildman–Crippen MR) is 148 cm³/mol. The number of ether oxygens (including phenoxy) is 1. The molecule has 3 unspecified atom stereocenters. The normalized spacial score (nSPS) is 19.9. The summed E-state index contributed by atoms with van der Waals surface area (Å²) in [5.41, 5.74) is 1.81. The van der Waals surface area contributed by atoms with Crippen LogP contribution in [0.4, 0.5) is 11.4 Å². The minimum absolute atomic E-state index is 0.231. The van der Waals surface area contributed by atoms with Crippen molar-refractivity contribution in [1.82, 2.24) is 9.55 Å². The lowest BCUT2D eigenvalue weighted by Crippen LogP contribution is -2.33. The molecule has 196 valence electrons. The summed E-state index contributed by atoms with van der Waals surface area (Å²) in [6.07, 6.45) is 3.30. The van der Waals surface area contributed by atoms with E-state index in [0.717, 1.165) is 16.9 Å². The van der Waals surface area contributed by atoms with Crippen LogP contribution in [0.25, 0.3) is 0 Å². The third-order valence-electron chi connectivity index (χ3n) is 6.78. The molecule has 3 atom stereocenters. The molecule has 6 rings (SSSR count). The van der Waals surface area contributed by atoms with E-state index in [0.29, 0.717) is 27.0 Å². The van der Waals surface area contributed by atoms with E-state index >= 15 is 0 Å². The molecule has 4 aromatic rings. The average molecular weight is 559 g/mol. The van der Waals surface area contributed by atoms with E-state index in [1.807, 2.05) is 12.1 Å². The topological polar surface area (TPSA) is 111 Å². The van der Waals surface area contributed by atoms with Gasteiger partial charge in [-0.2, -0.15) is 0 Å². The number of benzene rings is 2. The zero-order valence-corrected chi connectivity index (χ0v) is 22.3. The molecule has 4 heterocycles. The van der Waals surface area contributed by atoms with Gasteiger partial charge in [-0.1, -0.05) is 47.4 Å². The van der Waals surface area contributed by atoms with Crippen LogP contribution in [0.3, 0.4) is 0 Å². The first-order chi connectivity index (χ1) is 19.0. The summed E-state index contributed by atoms with van der Waals surface area (Å²) in [5.74, 6) is -1.64. The Bertz CT molecular complexity index is 1620. The number of carbonyl (C=O) groups excluding carboxylic acids is 3. The van der Waals surface area contributed by atoms with E-state index in [9.17, 15) is 19.2 Å². The van der Waals surface area contributed by atoms with Crippen LogP contribution in [-0.2, 0) is 20.9 Å². The third kappa shape index (κ3) is 4.43. The molecule has 2 aromatic heterocycles. The summed E-state index contributed by atoms with van der Waals surface area (Å²) in [5, 5.41) is 2.58. The van der Waals surface area contributed by atoms with E-state index in [1.54, 1.807) is 74.1 Å². The Hall–Kier alpha value is -4.22. The first kappa shape index (κ1) is 25.1. The minimum Gasteiger partial charge on any atom is -0.497 e. The van der Waals surface area contributed by atoms with Crippen molar-refractivity contribution >= 4 is 52.2 Å². The van der Waals surface area contributed by atoms with Crippen LogP contribution in [0.1, 0.15) is 16.4 Å². The summed E-state index contributed by atoms with van der Waals surface area (Å²) in [4.78, 5) is 59.4. The van der Waals surface area contributed by atoms with Gasteiger partial charge in [-0.25, -0.2) is 4.90 Å². The summed E-state index contributed by atoms with van der Waals surface area (Å²) in [7, 11) is 1.56. The number of aromatic nitrogens is 2. The molecular formula is C28H22N4O5S2. The second-order valence-electron chi connectivity index (χ2n) is 9.08. The lowest BCUT2D eigenvalue weighted by Gasteiger charge is -2.30. The molecule has 39 heavy (non-hydrogen) atoms. The molecule has 0 radical (unpaired) electrons.